The molecule has 0 bridgehead atoms. The smallest absolute Gasteiger partial charge is 0.410 e. The molecule has 1 atom stereocenters. The first-order chi connectivity index (χ1) is 9.34. The van der Waals surface area contributed by atoms with Gasteiger partial charge in [0.2, 0.25) is 0 Å². The number of rotatable bonds is 1. The van der Waals surface area contributed by atoms with Gasteiger partial charge < -0.3 is 14.4 Å². The summed E-state index contributed by atoms with van der Waals surface area (Å²) in [5.41, 5.74) is 7.78. The summed E-state index contributed by atoms with van der Waals surface area (Å²) < 4.78 is 11.2. The van der Waals surface area contributed by atoms with Gasteiger partial charge in [-0.1, -0.05) is 5.11 Å². The third-order valence-electron chi connectivity index (χ3n) is 3.73. The molecule has 0 aromatic heterocycles. The van der Waals surface area contributed by atoms with Crippen molar-refractivity contribution in [2.75, 3.05) is 19.7 Å². The second kappa shape index (κ2) is 5.50. The molecule has 0 N–H and O–H groups in total. The average Bonchev–Trinajstić information content (AvgIpc) is 2.71. The highest BCUT2D eigenvalue weighted by Gasteiger charge is 2.43. The fraction of sp³-hybridized carbons (Fsp3) is 0.923. The van der Waals surface area contributed by atoms with Crippen molar-refractivity contribution in [3.8, 4) is 0 Å². The van der Waals surface area contributed by atoms with Gasteiger partial charge in [-0.3, -0.25) is 0 Å². The maximum absolute atomic E-state index is 12.0. The lowest BCUT2D eigenvalue weighted by Crippen LogP contribution is -2.48. The van der Waals surface area contributed by atoms with E-state index in [9.17, 15) is 4.79 Å². The van der Waals surface area contributed by atoms with Crippen molar-refractivity contribution in [3.63, 3.8) is 0 Å². The molecule has 7 heteroatoms. The average molecular weight is 282 g/mol. The second-order valence-corrected chi connectivity index (χ2v) is 6.52. The zero-order valence-electron chi connectivity index (χ0n) is 12.3. The predicted molar refractivity (Wildman–Crippen MR) is 73.3 cm³/mol. The van der Waals surface area contributed by atoms with Crippen LogP contribution in [0.2, 0.25) is 0 Å². The molecule has 20 heavy (non-hydrogen) atoms. The lowest BCUT2D eigenvalue weighted by atomic mass is 9.88. The summed E-state index contributed by atoms with van der Waals surface area (Å²) in [6.45, 7) is 7.31. The van der Waals surface area contributed by atoms with Crippen molar-refractivity contribution in [2.45, 2.75) is 57.3 Å². The van der Waals surface area contributed by atoms with Gasteiger partial charge >= 0.3 is 6.09 Å². The van der Waals surface area contributed by atoms with E-state index in [0.717, 1.165) is 19.3 Å². The lowest BCUT2D eigenvalue weighted by Gasteiger charge is -2.39. The number of piperidine rings is 1. The van der Waals surface area contributed by atoms with E-state index in [4.69, 9.17) is 15.0 Å². The van der Waals surface area contributed by atoms with Crippen molar-refractivity contribution in [2.24, 2.45) is 5.11 Å². The standard InChI is InChI=1S/C13H22N4O3/c1-12(2,3)20-11(18)17-6-4-13(5-7-17)8-10(9-19-13)15-16-14/h10H,4-9H2,1-3H3/t10-/m1/s1. The normalized spacial score (nSPS) is 25.4. The monoisotopic (exact) mass is 282 g/mol. The molecule has 2 heterocycles. The molecule has 0 unspecified atom stereocenters. The van der Waals surface area contributed by atoms with E-state index >= 15 is 0 Å². The molecule has 2 fully saturated rings. The summed E-state index contributed by atoms with van der Waals surface area (Å²) in [5.74, 6) is 0. The maximum atomic E-state index is 12.0. The van der Waals surface area contributed by atoms with Crippen LogP contribution < -0.4 is 0 Å². The quantitative estimate of drug-likeness (QED) is 0.421. The van der Waals surface area contributed by atoms with Gasteiger partial charge in [0, 0.05) is 18.0 Å². The molecule has 1 spiro atoms. The van der Waals surface area contributed by atoms with E-state index in [0.29, 0.717) is 19.7 Å². The first kappa shape index (κ1) is 14.9. The van der Waals surface area contributed by atoms with E-state index in [1.54, 1.807) is 4.90 Å². The van der Waals surface area contributed by atoms with Gasteiger partial charge in [0.15, 0.2) is 0 Å². The molecule has 1 amide bonds. The van der Waals surface area contributed by atoms with Crippen LogP contribution in [0.1, 0.15) is 40.0 Å². The Balaban J connectivity index is 1.87. The predicted octanol–water partition coefficient (Wildman–Crippen LogP) is 2.86. The minimum Gasteiger partial charge on any atom is -0.444 e. The molecule has 0 saturated carbocycles. The van der Waals surface area contributed by atoms with Crippen molar-refractivity contribution in [1.82, 2.24) is 4.90 Å². The zero-order chi connectivity index (χ0) is 14.8. The molecule has 0 aromatic rings. The number of hydrogen-bond donors (Lipinski definition) is 0. The summed E-state index contributed by atoms with van der Waals surface area (Å²) >= 11 is 0. The first-order valence-corrected chi connectivity index (χ1v) is 7.00. The molecule has 0 radical (unpaired) electrons. The Morgan fingerprint density at radius 2 is 2.10 bits per heavy atom. The van der Waals surface area contributed by atoms with Gasteiger partial charge in [0.25, 0.3) is 0 Å². The summed E-state index contributed by atoms with van der Waals surface area (Å²) in [6.07, 6.45) is 2.02. The van der Waals surface area contributed by atoms with E-state index in [1.165, 1.54) is 0 Å². The number of azide groups is 1. The Morgan fingerprint density at radius 1 is 1.45 bits per heavy atom. The van der Waals surface area contributed by atoms with Gasteiger partial charge in [-0.2, -0.15) is 0 Å². The molecule has 2 saturated heterocycles. The summed E-state index contributed by atoms with van der Waals surface area (Å²) in [5, 5.41) is 3.73. The number of amides is 1. The number of carbonyl (C=O) groups excluding carboxylic acids is 1. The van der Waals surface area contributed by atoms with Crippen molar-refractivity contribution in [1.29, 1.82) is 0 Å². The molecule has 7 nitrogen and oxygen atoms in total. The fourth-order valence-corrected chi connectivity index (χ4v) is 2.74. The van der Waals surface area contributed by atoms with Crippen molar-refractivity contribution < 1.29 is 14.3 Å². The summed E-state index contributed by atoms with van der Waals surface area (Å²) in [6, 6.07) is -0.0759. The highest BCUT2D eigenvalue weighted by molar-refractivity contribution is 5.68. The van der Waals surface area contributed by atoms with Crippen molar-refractivity contribution >= 4 is 6.09 Å². The van der Waals surface area contributed by atoms with Crippen LogP contribution in [-0.4, -0.2) is 47.9 Å². The fourth-order valence-electron chi connectivity index (χ4n) is 2.74. The Kier molecular flexibility index (Phi) is 4.11. The van der Waals surface area contributed by atoms with Crippen LogP contribution in [-0.2, 0) is 9.47 Å². The maximum Gasteiger partial charge on any atom is 0.410 e. The number of likely N-dealkylation sites (tertiary alicyclic amines) is 1. The van der Waals surface area contributed by atoms with Crippen LogP contribution in [0, 0.1) is 0 Å². The summed E-state index contributed by atoms with van der Waals surface area (Å²) in [4.78, 5) is 16.5. The van der Waals surface area contributed by atoms with Crippen LogP contribution in [0.3, 0.4) is 0 Å². The lowest BCUT2D eigenvalue weighted by molar-refractivity contribution is -0.0485. The molecule has 0 aromatic carbocycles. The molecular weight excluding hydrogens is 260 g/mol. The van der Waals surface area contributed by atoms with Crippen LogP contribution in [0.15, 0.2) is 5.11 Å². The Bertz CT molecular complexity index is 418. The van der Waals surface area contributed by atoms with Crippen molar-refractivity contribution in [3.05, 3.63) is 10.4 Å². The van der Waals surface area contributed by atoms with Gasteiger partial charge in [0.1, 0.15) is 5.60 Å². The molecular formula is C13H22N4O3. The SMILES string of the molecule is CC(C)(C)OC(=O)N1CCC2(CC1)C[C@@H](N=[N+]=[N-])CO2. The number of carbonyl (C=O) groups is 1. The zero-order valence-corrected chi connectivity index (χ0v) is 12.3. The Morgan fingerprint density at radius 3 is 2.65 bits per heavy atom. The third-order valence-corrected chi connectivity index (χ3v) is 3.73. The van der Waals surface area contributed by atoms with E-state index in [1.807, 2.05) is 20.8 Å². The van der Waals surface area contributed by atoms with Gasteiger partial charge in [-0.15, -0.1) is 0 Å². The molecule has 2 aliphatic heterocycles. The topological polar surface area (TPSA) is 87.5 Å². The van der Waals surface area contributed by atoms with E-state index < -0.39 is 5.60 Å². The first-order valence-electron chi connectivity index (χ1n) is 7.00. The highest BCUT2D eigenvalue weighted by atomic mass is 16.6. The Labute approximate surface area is 118 Å². The number of nitrogens with zero attached hydrogens (tertiary/aromatic N) is 4. The van der Waals surface area contributed by atoms with Crippen LogP contribution in [0.25, 0.3) is 10.4 Å². The van der Waals surface area contributed by atoms with Crippen LogP contribution >= 0.6 is 0 Å². The number of ether oxygens (including phenoxy) is 2. The minimum absolute atomic E-state index is 0.0759. The molecule has 2 aliphatic rings. The molecule has 0 aliphatic carbocycles. The highest BCUT2D eigenvalue weighted by Crippen LogP contribution is 2.37. The minimum atomic E-state index is -0.470. The van der Waals surface area contributed by atoms with E-state index in [2.05, 4.69) is 10.0 Å². The summed E-state index contributed by atoms with van der Waals surface area (Å²) in [7, 11) is 0. The number of hydrogen-bond acceptors (Lipinski definition) is 4. The van der Waals surface area contributed by atoms with Gasteiger partial charge in [-0.25, -0.2) is 4.79 Å². The third kappa shape index (κ3) is 3.55. The van der Waals surface area contributed by atoms with Gasteiger partial charge in [0.05, 0.1) is 18.2 Å². The second-order valence-electron chi connectivity index (χ2n) is 6.52. The molecule has 2 rings (SSSR count). The van der Waals surface area contributed by atoms with Gasteiger partial charge in [-0.05, 0) is 45.6 Å². The van der Waals surface area contributed by atoms with Crippen LogP contribution in [0.4, 0.5) is 4.79 Å². The molecule has 112 valence electrons. The largest absolute Gasteiger partial charge is 0.444 e. The van der Waals surface area contributed by atoms with Crippen LogP contribution in [0.5, 0.6) is 0 Å². The van der Waals surface area contributed by atoms with E-state index in [-0.39, 0.29) is 17.7 Å². The Hall–Kier alpha value is -1.46.